The maximum Gasteiger partial charge on any atom is 0.247 e. The zero-order valence-corrected chi connectivity index (χ0v) is 18.5. The van der Waals surface area contributed by atoms with Crippen molar-refractivity contribution in [1.29, 1.82) is 0 Å². The number of amides is 2. The summed E-state index contributed by atoms with van der Waals surface area (Å²) < 4.78 is 25.4. The summed E-state index contributed by atoms with van der Waals surface area (Å²) in [4.78, 5) is 39.7. The van der Waals surface area contributed by atoms with E-state index in [0.717, 1.165) is 42.7 Å². The minimum Gasteiger partial charge on any atom is -0.351 e. The number of Topliss-reactive ketones (excluding diaryl/α,β-unsaturated/α-hetero) is 1. The van der Waals surface area contributed by atoms with E-state index in [1.54, 1.807) is 31.2 Å². The van der Waals surface area contributed by atoms with E-state index >= 15 is 0 Å². The summed E-state index contributed by atoms with van der Waals surface area (Å²) in [7, 11) is -3.67. The topological polar surface area (TPSA) is 104 Å². The molecule has 9 heteroatoms. The van der Waals surface area contributed by atoms with Gasteiger partial charge in [0.1, 0.15) is 5.54 Å². The third kappa shape index (κ3) is 4.57. The number of carbonyl (C=O) groups excluding carboxylic acids is 3. The number of carbonyl (C=O) groups is 3. The van der Waals surface area contributed by atoms with E-state index in [1.165, 1.54) is 11.8 Å². The first kappa shape index (κ1) is 22.4. The monoisotopic (exact) mass is 435 g/mol. The number of rotatable bonds is 5. The molecule has 1 aromatic carbocycles. The van der Waals surface area contributed by atoms with Gasteiger partial charge < -0.3 is 5.32 Å². The lowest BCUT2D eigenvalue weighted by molar-refractivity contribution is -0.133. The van der Waals surface area contributed by atoms with Crippen LogP contribution in [0, 0.1) is 0 Å². The summed E-state index contributed by atoms with van der Waals surface area (Å²) in [6.45, 7) is 2.51. The summed E-state index contributed by atoms with van der Waals surface area (Å²) in [6, 6.07) is 6.54. The molecule has 30 heavy (non-hydrogen) atoms. The predicted molar refractivity (Wildman–Crippen MR) is 114 cm³/mol. The standard InChI is InChI=1S/C21H29N3O5S/c1-15(25)16-8-7-11-18(12-16)24-19(26)13-23(30(3,28)29)14-21(24,2)20(27)22-17-9-5-4-6-10-17/h7-8,11-12,17H,4-6,9-10,13-14H2,1-3H3,(H,22,27)/t21-/m0/s1. The first-order valence-electron chi connectivity index (χ1n) is 10.2. The summed E-state index contributed by atoms with van der Waals surface area (Å²) in [5.74, 6) is -1.05. The Kier molecular flexibility index (Phi) is 6.33. The average molecular weight is 436 g/mol. The van der Waals surface area contributed by atoms with E-state index in [4.69, 9.17) is 0 Å². The van der Waals surface area contributed by atoms with E-state index in [1.807, 2.05) is 0 Å². The van der Waals surface area contributed by atoms with Crippen molar-refractivity contribution < 1.29 is 22.8 Å². The van der Waals surface area contributed by atoms with Crippen LogP contribution in [0.15, 0.2) is 24.3 Å². The molecule has 2 aliphatic rings. The number of anilines is 1. The molecular weight excluding hydrogens is 406 g/mol. The van der Waals surface area contributed by atoms with Crippen LogP contribution in [0.3, 0.4) is 0 Å². The number of hydrogen-bond donors (Lipinski definition) is 1. The van der Waals surface area contributed by atoms with Crippen molar-refractivity contribution in [3.63, 3.8) is 0 Å². The van der Waals surface area contributed by atoms with Crippen LogP contribution in [-0.2, 0) is 19.6 Å². The number of nitrogens with zero attached hydrogens (tertiary/aromatic N) is 2. The van der Waals surface area contributed by atoms with Crippen LogP contribution in [0.25, 0.3) is 0 Å². The minimum atomic E-state index is -3.67. The van der Waals surface area contributed by atoms with Gasteiger partial charge in [-0.2, -0.15) is 4.31 Å². The normalized spacial score (nSPS) is 24.0. The van der Waals surface area contributed by atoms with Crippen molar-refractivity contribution in [3.05, 3.63) is 29.8 Å². The van der Waals surface area contributed by atoms with Crippen LogP contribution >= 0.6 is 0 Å². The molecule has 1 aromatic rings. The number of nitrogens with one attached hydrogen (secondary N) is 1. The summed E-state index contributed by atoms with van der Waals surface area (Å²) >= 11 is 0. The highest BCUT2D eigenvalue weighted by Gasteiger charge is 2.50. The Bertz CT molecular complexity index is 955. The van der Waals surface area contributed by atoms with Gasteiger partial charge in [-0.25, -0.2) is 8.42 Å². The van der Waals surface area contributed by atoms with Crippen molar-refractivity contribution in [2.75, 3.05) is 24.2 Å². The number of hydrogen-bond acceptors (Lipinski definition) is 5. The van der Waals surface area contributed by atoms with Gasteiger partial charge in [0.25, 0.3) is 0 Å². The maximum absolute atomic E-state index is 13.4. The molecule has 0 bridgehead atoms. The van der Waals surface area contributed by atoms with Gasteiger partial charge in [-0.3, -0.25) is 19.3 Å². The molecule has 1 saturated carbocycles. The number of benzene rings is 1. The molecule has 1 aliphatic heterocycles. The highest BCUT2D eigenvalue weighted by Crippen LogP contribution is 2.32. The second-order valence-corrected chi connectivity index (χ2v) is 10.4. The number of ketones is 1. The van der Waals surface area contributed by atoms with Crippen LogP contribution in [-0.4, -0.2) is 61.2 Å². The quantitative estimate of drug-likeness (QED) is 0.709. The van der Waals surface area contributed by atoms with Crippen LogP contribution in [0.2, 0.25) is 0 Å². The van der Waals surface area contributed by atoms with E-state index in [0.29, 0.717) is 11.3 Å². The fourth-order valence-electron chi connectivity index (χ4n) is 4.26. The highest BCUT2D eigenvalue weighted by atomic mass is 32.2. The van der Waals surface area contributed by atoms with Crippen molar-refractivity contribution in [2.45, 2.75) is 57.5 Å². The summed E-state index contributed by atoms with van der Waals surface area (Å²) in [5, 5.41) is 3.04. The smallest absolute Gasteiger partial charge is 0.247 e. The SMILES string of the molecule is CC(=O)c1cccc(N2C(=O)CN(S(C)(=O)=O)C[C@@]2(C)C(=O)NC2CCCCC2)c1. The molecule has 0 unspecified atom stereocenters. The van der Waals surface area contributed by atoms with Gasteiger partial charge in [0.2, 0.25) is 21.8 Å². The van der Waals surface area contributed by atoms with Crippen LogP contribution < -0.4 is 10.2 Å². The molecule has 0 radical (unpaired) electrons. The van der Waals surface area contributed by atoms with E-state index < -0.39 is 21.5 Å². The molecule has 1 heterocycles. The molecule has 1 saturated heterocycles. The third-order valence-electron chi connectivity index (χ3n) is 5.95. The van der Waals surface area contributed by atoms with Gasteiger partial charge in [0.15, 0.2) is 5.78 Å². The Labute approximate surface area is 177 Å². The molecular formula is C21H29N3O5S. The van der Waals surface area contributed by atoms with E-state index in [2.05, 4.69) is 5.32 Å². The zero-order chi connectivity index (χ0) is 22.1. The fourth-order valence-corrected chi connectivity index (χ4v) is 5.09. The molecule has 8 nitrogen and oxygen atoms in total. The van der Waals surface area contributed by atoms with Gasteiger partial charge in [0.05, 0.1) is 12.8 Å². The molecule has 0 aromatic heterocycles. The Morgan fingerprint density at radius 3 is 2.43 bits per heavy atom. The first-order chi connectivity index (χ1) is 14.0. The predicted octanol–water partition coefficient (Wildman–Crippen LogP) is 1.70. The van der Waals surface area contributed by atoms with Crippen molar-refractivity contribution in [1.82, 2.24) is 9.62 Å². The Morgan fingerprint density at radius 1 is 1.17 bits per heavy atom. The summed E-state index contributed by atoms with van der Waals surface area (Å²) in [5.41, 5.74) is -0.617. The fraction of sp³-hybridized carbons (Fsp3) is 0.571. The zero-order valence-electron chi connectivity index (χ0n) is 17.7. The summed E-state index contributed by atoms with van der Waals surface area (Å²) in [6.07, 6.45) is 5.96. The Morgan fingerprint density at radius 2 is 1.83 bits per heavy atom. The van der Waals surface area contributed by atoms with Crippen molar-refractivity contribution in [3.8, 4) is 0 Å². The maximum atomic E-state index is 13.4. The van der Waals surface area contributed by atoms with Gasteiger partial charge >= 0.3 is 0 Å². The molecule has 0 spiro atoms. The van der Waals surface area contributed by atoms with Gasteiger partial charge in [-0.15, -0.1) is 0 Å². The minimum absolute atomic E-state index is 0.0113. The van der Waals surface area contributed by atoms with E-state index in [-0.39, 0.29) is 30.8 Å². The lowest BCUT2D eigenvalue weighted by Crippen LogP contribution is -2.70. The Balaban J connectivity index is 2.01. The second kappa shape index (κ2) is 8.47. The molecule has 164 valence electrons. The van der Waals surface area contributed by atoms with Crippen LogP contribution in [0.4, 0.5) is 5.69 Å². The van der Waals surface area contributed by atoms with Gasteiger partial charge in [-0.05, 0) is 38.8 Å². The molecule has 1 aliphatic carbocycles. The van der Waals surface area contributed by atoms with Gasteiger partial charge in [0, 0.05) is 23.8 Å². The van der Waals surface area contributed by atoms with E-state index in [9.17, 15) is 22.8 Å². The van der Waals surface area contributed by atoms with Gasteiger partial charge in [-0.1, -0.05) is 31.4 Å². The number of piperazine rings is 1. The molecule has 2 amide bonds. The molecule has 1 atom stereocenters. The average Bonchev–Trinajstić information content (AvgIpc) is 2.67. The largest absolute Gasteiger partial charge is 0.351 e. The second-order valence-electron chi connectivity index (χ2n) is 8.45. The number of sulfonamides is 1. The van der Waals surface area contributed by atoms with Crippen molar-refractivity contribution >= 4 is 33.3 Å². The van der Waals surface area contributed by atoms with Crippen molar-refractivity contribution in [2.24, 2.45) is 0 Å². The molecule has 2 fully saturated rings. The van der Waals surface area contributed by atoms with Crippen LogP contribution in [0.5, 0.6) is 0 Å². The highest BCUT2D eigenvalue weighted by molar-refractivity contribution is 7.88. The Hall–Kier alpha value is -2.26. The third-order valence-corrected chi connectivity index (χ3v) is 7.14. The first-order valence-corrected chi connectivity index (χ1v) is 12.1. The lowest BCUT2D eigenvalue weighted by atomic mass is 9.91. The lowest BCUT2D eigenvalue weighted by Gasteiger charge is -2.47. The van der Waals surface area contributed by atoms with Crippen LogP contribution in [0.1, 0.15) is 56.3 Å². The molecule has 3 rings (SSSR count). The molecule has 1 N–H and O–H groups in total.